The highest BCUT2D eigenvalue weighted by Crippen LogP contribution is 2.31. The molecule has 6 heteroatoms. The Kier molecular flexibility index (Phi) is 5.27. The molecule has 0 heterocycles. The van der Waals surface area contributed by atoms with Crippen molar-refractivity contribution in [3.8, 4) is 17.2 Å². The number of carboxylic acids is 1. The molecule has 116 valence electrons. The number of hydrogen-bond acceptors (Lipinski definition) is 4. The summed E-state index contributed by atoms with van der Waals surface area (Å²) in [5.41, 5.74) is 0.539. The van der Waals surface area contributed by atoms with Crippen LogP contribution in [0.25, 0.3) is 0 Å². The van der Waals surface area contributed by atoms with Gasteiger partial charge < -0.3 is 19.3 Å². The number of methoxy groups -OCH3 is 2. The van der Waals surface area contributed by atoms with Crippen molar-refractivity contribution in [2.24, 2.45) is 0 Å². The second-order valence-electron chi connectivity index (χ2n) is 4.44. The largest absolute Gasteiger partial charge is 0.496 e. The summed E-state index contributed by atoms with van der Waals surface area (Å²) >= 11 is 3.31. The zero-order valence-corrected chi connectivity index (χ0v) is 13.7. The lowest BCUT2D eigenvalue weighted by Gasteiger charge is -2.17. The average molecular weight is 367 g/mol. The summed E-state index contributed by atoms with van der Waals surface area (Å²) in [7, 11) is 3.03. The monoisotopic (exact) mass is 366 g/mol. The Morgan fingerprint density at radius 2 is 1.50 bits per heavy atom. The quantitative estimate of drug-likeness (QED) is 0.844. The molecule has 1 atom stereocenters. The predicted molar refractivity (Wildman–Crippen MR) is 84.7 cm³/mol. The molecule has 2 aromatic rings. The van der Waals surface area contributed by atoms with Crippen molar-refractivity contribution in [1.82, 2.24) is 0 Å². The summed E-state index contributed by atoms with van der Waals surface area (Å²) in [5, 5.41) is 9.41. The van der Waals surface area contributed by atoms with Gasteiger partial charge in [0.1, 0.15) is 17.2 Å². The van der Waals surface area contributed by atoms with Crippen molar-refractivity contribution >= 4 is 21.9 Å². The SMILES string of the molecule is COc1cc(OC)cc(OC(C(=O)O)c2ccc(Br)cc2)c1. The summed E-state index contributed by atoms with van der Waals surface area (Å²) in [5.74, 6) is 0.319. The lowest BCUT2D eigenvalue weighted by Crippen LogP contribution is -2.18. The van der Waals surface area contributed by atoms with Crippen molar-refractivity contribution in [1.29, 1.82) is 0 Å². The molecule has 0 saturated carbocycles. The molecule has 0 bridgehead atoms. The molecule has 5 nitrogen and oxygen atoms in total. The third-order valence-corrected chi connectivity index (χ3v) is 3.50. The van der Waals surface area contributed by atoms with Crippen molar-refractivity contribution in [2.75, 3.05) is 14.2 Å². The van der Waals surface area contributed by atoms with Crippen LogP contribution in [0.1, 0.15) is 11.7 Å². The van der Waals surface area contributed by atoms with Crippen LogP contribution in [-0.4, -0.2) is 25.3 Å². The van der Waals surface area contributed by atoms with E-state index < -0.39 is 12.1 Å². The van der Waals surface area contributed by atoms with Gasteiger partial charge in [0.2, 0.25) is 6.10 Å². The fraction of sp³-hybridized carbons (Fsp3) is 0.188. The maximum absolute atomic E-state index is 11.5. The number of halogens is 1. The van der Waals surface area contributed by atoms with Gasteiger partial charge in [-0.25, -0.2) is 4.79 Å². The zero-order chi connectivity index (χ0) is 16.1. The highest BCUT2D eigenvalue weighted by molar-refractivity contribution is 9.10. The van der Waals surface area contributed by atoms with Crippen LogP contribution >= 0.6 is 15.9 Å². The fourth-order valence-corrected chi connectivity index (χ4v) is 2.15. The smallest absolute Gasteiger partial charge is 0.349 e. The van der Waals surface area contributed by atoms with Crippen molar-refractivity contribution in [3.63, 3.8) is 0 Å². The Balaban J connectivity index is 2.32. The van der Waals surface area contributed by atoms with E-state index in [1.165, 1.54) is 14.2 Å². The predicted octanol–water partition coefficient (Wildman–Crippen LogP) is 3.67. The van der Waals surface area contributed by atoms with Crippen LogP contribution in [0.2, 0.25) is 0 Å². The molecular formula is C16H15BrO5. The maximum atomic E-state index is 11.5. The Morgan fingerprint density at radius 3 is 1.95 bits per heavy atom. The summed E-state index contributed by atoms with van der Waals surface area (Å²) < 4.78 is 16.8. The first-order chi connectivity index (χ1) is 10.5. The number of benzene rings is 2. The van der Waals surface area contributed by atoms with Gasteiger partial charge in [-0.15, -0.1) is 0 Å². The molecular weight excluding hydrogens is 352 g/mol. The van der Waals surface area contributed by atoms with Gasteiger partial charge in [-0.05, 0) is 12.1 Å². The summed E-state index contributed by atoms with van der Waals surface area (Å²) in [6.45, 7) is 0. The van der Waals surface area contributed by atoms with E-state index in [4.69, 9.17) is 14.2 Å². The summed E-state index contributed by atoms with van der Waals surface area (Å²) in [4.78, 5) is 11.5. The topological polar surface area (TPSA) is 65.0 Å². The molecule has 2 aromatic carbocycles. The number of carboxylic acid groups (broad SMARTS) is 1. The second-order valence-corrected chi connectivity index (χ2v) is 5.35. The first kappa shape index (κ1) is 16.2. The molecule has 0 aliphatic carbocycles. The molecule has 0 saturated heterocycles. The van der Waals surface area contributed by atoms with Crippen molar-refractivity contribution < 1.29 is 24.1 Å². The Morgan fingerprint density at radius 1 is 1.00 bits per heavy atom. The minimum Gasteiger partial charge on any atom is -0.496 e. The first-order valence-corrected chi connectivity index (χ1v) is 7.21. The van der Waals surface area contributed by atoms with Gasteiger partial charge in [-0.3, -0.25) is 0 Å². The zero-order valence-electron chi connectivity index (χ0n) is 12.1. The van der Waals surface area contributed by atoms with E-state index in [1.807, 2.05) is 0 Å². The molecule has 0 spiro atoms. The van der Waals surface area contributed by atoms with Crippen LogP contribution in [0.5, 0.6) is 17.2 Å². The second kappa shape index (κ2) is 7.17. The lowest BCUT2D eigenvalue weighted by atomic mass is 10.1. The normalized spacial score (nSPS) is 11.6. The molecule has 1 N–H and O–H groups in total. The fourth-order valence-electron chi connectivity index (χ4n) is 1.88. The molecule has 0 radical (unpaired) electrons. The van der Waals surface area contributed by atoms with E-state index in [0.717, 1.165) is 4.47 Å². The summed E-state index contributed by atoms with van der Waals surface area (Å²) in [6, 6.07) is 11.8. The van der Waals surface area contributed by atoms with E-state index >= 15 is 0 Å². The highest BCUT2D eigenvalue weighted by Gasteiger charge is 2.22. The Hall–Kier alpha value is -2.21. The molecule has 0 fully saturated rings. The molecule has 0 aliphatic rings. The minimum absolute atomic E-state index is 0.353. The minimum atomic E-state index is -1.12. The molecule has 2 rings (SSSR count). The van der Waals surface area contributed by atoms with Gasteiger partial charge >= 0.3 is 5.97 Å². The molecule has 22 heavy (non-hydrogen) atoms. The van der Waals surface area contributed by atoms with Crippen LogP contribution in [0.3, 0.4) is 0 Å². The standard InChI is InChI=1S/C16H15BrO5/c1-20-12-7-13(21-2)9-14(8-12)22-15(16(18)19)10-3-5-11(17)6-4-10/h3-9,15H,1-2H3,(H,18,19). The van der Waals surface area contributed by atoms with E-state index in [2.05, 4.69) is 15.9 Å². The highest BCUT2D eigenvalue weighted by atomic mass is 79.9. The maximum Gasteiger partial charge on any atom is 0.349 e. The number of ether oxygens (including phenoxy) is 3. The number of carbonyl (C=O) groups is 1. The van der Waals surface area contributed by atoms with E-state index in [1.54, 1.807) is 42.5 Å². The van der Waals surface area contributed by atoms with Crippen LogP contribution in [0.4, 0.5) is 0 Å². The van der Waals surface area contributed by atoms with Gasteiger partial charge in [0.05, 0.1) is 14.2 Å². The number of hydrogen-bond donors (Lipinski definition) is 1. The lowest BCUT2D eigenvalue weighted by molar-refractivity contribution is -0.145. The van der Waals surface area contributed by atoms with Crippen LogP contribution in [0.15, 0.2) is 46.9 Å². The van der Waals surface area contributed by atoms with Crippen LogP contribution in [0, 0.1) is 0 Å². The van der Waals surface area contributed by atoms with Crippen LogP contribution < -0.4 is 14.2 Å². The van der Waals surface area contributed by atoms with Gasteiger partial charge in [0.25, 0.3) is 0 Å². The Labute approximate surface area is 136 Å². The molecule has 0 aromatic heterocycles. The third-order valence-electron chi connectivity index (χ3n) is 2.98. The average Bonchev–Trinajstić information content (AvgIpc) is 2.53. The van der Waals surface area contributed by atoms with E-state index in [0.29, 0.717) is 22.8 Å². The molecule has 1 unspecified atom stereocenters. The van der Waals surface area contributed by atoms with Crippen LogP contribution in [-0.2, 0) is 4.79 Å². The van der Waals surface area contributed by atoms with Crippen molar-refractivity contribution in [3.05, 3.63) is 52.5 Å². The molecule has 0 aliphatic heterocycles. The number of rotatable bonds is 6. The van der Waals surface area contributed by atoms with Gasteiger partial charge in [0.15, 0.2) is 0 Å². The van der Waals surface area contributed by atoms with Crippen molar-refractivity contribution in [2.45, 2.75) is 6.10 Å². The van der Waals surface area contributed by atoms with Gasteiger partial charge in [-0.1, -0.05) is 28.1 Å². The number of aliphatic carboxylic acids is 1. The van der Waals surface area contributed by atoms with E-state index in [-0.39, 0.29) is 0 Å². The molecule has 0 amide bonds. The Bertz CT molecular complexity index is 632. The third kappa shape index (κ3) is 3.92. The van der Waals surface area contributed by atoms with E-state index in [9.17, 15) is 9.90 Å². The summed E-state index contributed by atoms with van der Waals surface area (Å²) in [6.07, 6.45) is -1.12. The first-order valence-electron chi connectivity index (χ1n) is 6.41. The van der Waals surface area contributed by atoms with Gasteiger partial charge in [-0.2, -0.15) is 0 Å². The van der Waals surface area contributed by atoms with Gasteiger partial charge in [0, 0.05) is 28.2 Å².